The fourth-order valence-corrected chi connectivity index (χ4v) is 2.02. The molecule has 2 N–H and O–H groups in total. The zero-order valence-corrected chi connectivity index (χ0v) is 11.2. The van der Waals surface area contributed by atoms with Gasteiger partial charge in [-0.1, -0.05) is 29.3 Å². The van der Waals surface area contributed by atoms with E-state index in [9.17, 15) is 0 Å². The minimum atomic E-state index is 0.600. The molecule has 0 saturated heterocycles. The molecule has 3 nitrogen and oxygen atoms in total. The normalized spacial score (nSPS) is 10.8. The summed E-state index contributed by atoms with van der Waals surface area (Å²) in [4.78, 5) is 0. The van der Waals surface area contributed by atoms with Crippen LogP contribution in [0, 0.1) is 13.8 Å². The summed E-state index contributed by atoms with van der Waals surface area (Å²) in [5.41, 5.74) is 9.33. The zero-order valence-electron chi connectivity index (χ0n) is 9.67. The van der Waals surface area contributed by atoms with Crippen molar-refractivity contribution >= 4 is 28.9 Å². The van der Waals surface area contributed by atoms with E-state index in [0.717, 1.165) is 17.0 Å². The van der Waals surface area contributed by atoms with E-state index in [0.29, 0.717) is 22.3 Å². The van der Waals surface area contributed by atoms with Gasteiger partial charge in [0.2, 0.25) is 0 Å². The fraction of sp³-hybridized carbons (Fsp3) is 0.250. The van der Waals surface area contributed by atoms with Crippen LogP contribution in [-0.2, 0) is 6.54 Å². The molecule has 0 aliphatic carbocycles. The lowest BCUT2D eigenvalue weighted by molar-refractivity contribution is 0.660. The highest BCUT2D eigenvalue weighted by molar-refractivity contribution is 6.31. The lowest BCUT2D eigenvalue weighted by atomic mass is 10.2. The SMILES string of the molecule is Cc1nn(Cc2ccc(Cl)cc2N)c(C)c1Cl. The lowest BCUT2D eigenvalue weighted by Crippen LogP contribution is -2.06. The molecular weight excluding hydrogens is 257 g/mol. The van der Waals surface area contributed by atoms with Crippen LogP contribution in [0.15, 0.2) is 18.2 Å². The smallest absolute Gasteiger partial charge is 0.0844 e. The third kappa shape index (κ3) is 2.40. The number of rotatable bonds is 2. The standard InChI is InChI=1S/C12H13Cl2N3/c1-7-12(14)8(2)17(16-7)6-9-3-4-10(13)5-11(9)15/h3-5H,6,15H2,1-2H3. The molecule has 1 aromatic heterocycles. The summed E-state index contributed by atoms with van der Waals surface area (Å²) in [6, 6.07) is 5.47. The van der Waals surface area contributed by atoms with Crippen LogP contribution in [0.4, 0.5) is 5.69 Å². The Morgan fingerprint density at radius 1 is 1.29 bits per heavy atom. The van der Waals surface area contributed by atoms with Gasteiger partial charge < -0.3 is 5.73 Å². The zero-order chi connectivity index (χ0) is 12.6. The van der Waals surface area contributed by atoms with Crippen molar-refractivity contribution in [3.63, 3.8) is 0 Å². The predicted molar refractivity (Wildman–Crippen MR) is 71.7 cm³/mol. The summed E-state index contributed by atoms with van der Waals surface area (Å²) in [6.07, 6.45) is 0. The number of hydrogen-bond donors (Lipinski definition) is 1. The average molecular weight is 270 g/mol. The highest BCUT2D eigenvalue weighted by Crippen LogP contribution is 2.23. The third-order valence-electron chi connectivity index (χ3n) is 2.72. The Morgan fingerprint density at radius 3 is 2.53 bits per heavy atom. The van der Waals surface area contributed by atoms with Crippen LogP contribution in [0.1, 0.15) is 17.0 Å². The van der Waals surface area contributed by atoms with Crippen LogP contribution in [0.3, 0.4) is 0 Å². The summed E-state index contributed by atoms with van der Waals surface area (Å²) < 4.78 is 1.84. The van der Waals surface area contributed by atoms with E-state index in [-0.39, 0.29) is 0 Å². The van der Waals surface area contributed by atoms with Crippen LogP contribution in [0.2, 0.25) is 10.0 Å². The van der Waals surface area contributed by atoms with Gasteiger partial charge in [0.05, 0.1) is 23.0 Å². The summed E-state index contributed by atoms with van der Waals surface area (Å²) >= 11 is 12.0. The van der Waals surface area contributed by atoms with E-state index >= 15 is 0 Å². The molecule has 0 amide bonds. The van der Waals surface area contributed by atoms with Gasteiger partial charge in [-0.25, -0.2) is 0 Å². The maximum atomic E-state index is 6.09. The fourth-order valence-electron chi connectivity index (χ4n) is 1.70. The van der Waals surface area contributed by atoms with E-state index in [2.05, 4.69) is 5.10 Å². The average Bonchev–Trinajstić information content (AvgIpc) is 2.50. The van der Waals surface area contributed by atoms with Crippen LogP contribution in [-0.4, -0.2) is 9.78 Å². The first-order valence-corrected chi connectivity index (χ1v) is 5.98. The summed E-state index contributed by atoms with van der Waals surface area (Å²) in [6.45, 7) is 4.42. The molecule has 0 fully saturated rings. The van der Waals surface area contributed by atoms with Crippen LogP contribution in [0.25, 0.3) is 0 Å². The van der Waals surface area contributed by atoms with E-state index in [1.807, 2.05) is 30.7 Å². The number of hydrogen-bond acceptors (Lipinski definition) is 2. The summed E-state index contributed by atoms with van der Waals surface area (Å²) in [5, 5.41) is 5.71. The van der Waals surface area contributed by atoms with E-state index < -0.39 is 0 Å². The van der Waals surface area contributed by atoms with Crippen molar-refractivity contribution in [2.45, 2.75) is 20.4 Å². The van der Waals surface area contributed by atoms with Gasteiger partial charge in [0, 0.05) is 10.7 Å². The summed E-state index contributed by atoms with van der Waals surface area (Å²) in [7, 11) is 0. The van der Waals surface area contributed by atoms with Crippen molar-refractivity contribution in [2.75, 3.05) is 5.73 Å². The number of nitrogen functional groups attached to an aromatic ring is 1. The van der Waals surface area contributed by atoms with Gasteiger partial charge in [-0.15, -0.1) is 0 Å². The molecule has 0 atom stereocenters. The molecule has 2 rings (SSSR count). The summed E-state index contributed by atoms with van der Waals surface area (Å²) in [5.74, 6) is 0. The Morgan fingerprint density at radius 2 is 2.00 bits per heavy atom. The maximum absolute atomic E-state index is 6.09. The van der Waals surface area contributed by atoms with E-state index in [1.54, 1.807) is 6.07 Å². The Balaban J connectivity index is 2.34. The number of aromatic nitrogens is 2. The van der Waals surface area contributed by atoms with Crippen LogP contribution in [0.5, 0.6) is 0 Å². The molecule has 0 aliphatic rings. The molecule has 1 heterocycles. The molecule has 0 bridgehead atoms. The van der Waals surface area contributed by atoms with Crippen molar-refractivity contribution in [1.29, 1.82) is 0 Å². The monoisotopic (exact) mass is 269 g/mol. The highest BCUT2D eigenvalue weighted by Gasteiger charge is 2.10. The Hall–Kier alpha value is -1.19. The van der Waals surface area contributed by atoms with Gasteiger partial charge in [0.25, 0.3) is 0 Å². The number of halogens is 2. The topological polar surface area (TPSA) is 43.8 Å². The van der Waals surface area contributed by atoms with Crippen molar-refractivity contribution in [2.24, 2.45) is 0 Å². The molecule has 5 heteroatoms. The molecular formula is C12H13Cl2N3. The molecule has 0 saturated carbocycles. The Bertz CT molecular complexity index is 561. The quantitative estimate of drug-likeness (QED) is 0.849. The second-order valence-corrected chi connectivity index (χ2v) is 4.80. The Kier molecular flexibility index (Phi) is 3.31. The van der Waals surface area contributed by atoms with E-state index in [1.165, 1.54) is 0 Å². The first kappa shape index (κ1) is 12.3. The molecule has 17 heavy (non-hydrogen) atoms. The van der Waals surface area contributed by atoms with Gasteiger partial charge in [-0.3, -0.25) is 4.68 Å². The molecule has 90 valence electrons. The largest absolute Gasteiger partial charge is 0.398 e. The molecule has 0 spiro atoms. The molecule has 1 aromatic carbocycles. The van der Waals surface area contributed by atoms with Crippen LogP contribution >= 0.6 is 23.2 Å². The molecule has 0 unspecified atom stereocenters. The first-order valence-electron chi connectivity index (χ1n) is 5.22. The van der Waals surface area contributed by atoms with Gasteiger partial charge in [-0.2, -0.15) is 5.10 Å². The molecule has 0 radical (unpaired) electrons. The number of benzene rings is 1. The molecule has 0 aliphatic heterocycles. The highest BCUT2D eigenvalue weighted by atomic mass is 35.5. The van der Waals surface area contributed by atoms with Crippen molar-refractivity contribution in [3.8, 4) is 0 Å². The predicted octanol–water partition coefficient (Wildman–Crippen LogP) is 3.44. The van der Waals surface area contributed by atoms with Gasteiger partial charge in [-0.05, 0) is 31.5 Å². The third-order valence-corrected chi connectivity index (χ3v) is 3.50. The number of nitrogens with zero attached hydrogens (tertiary/aromatic N) is 2. The number of anilines is 1. The number of aryl methyl sites for hydroxylation is 1. The van der Waals surface area contributed by atoms with Crippen molar-refractivity contribution < 1.29 is 0 Å². The van der Waals surface area contributed by atoms with Crippen molar-refractivity contribution in [3.05, 3.63) is 45.2 Å². The number of nitrogens with two attached hydrogens (primary N) is 1. The minimum Gasteiger partial charge on any atom is -0.398 e. The second kappa shape index (κ2) is 4.59. The van der Waals surface area contributed by atoms with Crippen LogP contribution < -0.4 is 5.73 Å². The van der Waals surface area contributed by atoms with E-state index in [4.69, 9.17) is 28.9 Å². The second-order valence-electron chi connectivity index (χ2n) is 3.99. The maximum Gasteiger partial charge on any atom is 0.0844 e. The van der Waals surface area contributed by atoms with Crippen molar-refractivity contribution in [1.82, 2.24) is 9.78 Å². The van der Waals surface area contributed by atoms with Gasteiger partial charge in [0.15, 0.2) is 0 Å². The molecule has 2 aromatic rings. The van der Waals surface area contributed by atoms with Gasteiger partial charge >= 0.3 is 0 Å². The Labute approximate surface area is 110 Å². The lowest BCUT2D eigenvalue weighted by Gasteiger charge is -2.08. The van der Waals surface area contributed by atoms with Gasteiger partial charge in [0.1, 0.15) is 0 Å². The minimum absolute atomic E-state index is 0.600. The first-order chi connectivity index (χ1) is 7.99.